The lowest BCUT2D eigenvalue weighted by molar-refractivity contribution is 0.0526. The molecule has 0 atom stereocenters. The first-order valence-electron chi connectivity index (χ1n) is 5.73. The molecule has 0 aliphatic carbocycles. The minimum Gasteiger partial charge on any atom is -0.462 e. The van der Waals surface area contributed by atoms with E-state index in [4.69, 9.17) is 10.5 Å². The average molecular weight is 245 g/mol. The molecule has 0 fully saturated rings. The second-order valence-corrected chi connectivity index (χ2v) is 3.89. The van der Waals surface area contributed by atoms with Crippen LogP contribution in [0.15, 0.2) is 36.7 Å². The number of carbonyl (C=O) groups excluding carboxylic acids is 1. The van der Waals surface area contributed by atoms with Crippen molar-refractivity contribution in [1.29, 1.82) is 0 Å². The molecule has 0 bridgehead atoms. The van der Waals surface area contributed by atoms with Crippen molar-refractivity contribution in [3.8, 4) is 0 Å². The van der Waals surface area contributed by atoms with E-state index >= 15 is 0 Å². The Hall–Kier alpha value is -2.30. The second-order valence-electron chi connectivity index (χ2n) is 3.89. The topological polar surface area (TPSA) is 70.1 Å². The summed E-state index contributed by atoms with van der Waals surface area (Å²) >= 11 is 0. The first-order chi connectivity index (χ1) is 8.69. The van der Waals surface area contributed by atoms with Crippen LogP contribution in [0.3, 0.4) is 0 Å². The largest absolute Gasteiger partial charge is 0.462 e. The fourth-order valence-electron chi connectivity index (χ4n) is 1.61. The number of ether oxygens (including phenoxy) is 1. The number of rotatable bonds is 4. The number of nitrogen functional groups attached to an aromatic ring is 1. The van der Waals surface area contributed by atoms with Gasteiger partial charge in [-0.15, -0.1) is 0 Å². The van der Waals surface area contributed by atoms with Crippen molar-refractivity contribution < 1.29 is 9.53 Å². The summed E-state index contributed by atoms with van der Waals surface area (Å²) in [4.78, 5) is 11.5. The molecule has 2 aromatic rings. The summed E-state index contributed by atoms with van der Waals surface area (Å²) in [6.07, 6.45) is 3.37. The fraction of sp³-hybridized carbons (Fsp3) is 0.231. The van der Waals surface area contributed by atoms with Crippen LogP contribution in [0.25, 0.3) is 0 Å². The first-order valence-corrected chi connectivity index (χ1v) is 5.73. The summed E-state index contributed by atoms with van der Waals surface area (Å²) in [5.41, 5.74) is 7.83. The molecule has 0 radical (unpaired) electrons. The first kappa shape index (κ1) is 12.2. The number of nitrogens with two attached hydrogens (primary N) is 1. The molecule has 0 amide bonds. The predicted molar refractivity (Wildman–Crippen MR) is 68.1 cm³/mol. The maximum atomic E-state index is 11.5. The normalized spacial score (nSPS) is 10.3. The molecule has 1 heterocycles. The van der Waals surface area contributed by atoms with Gasteiger partial charge in [0, 0.05) is 6.20 Å². The molecule has 0 spiro atoms. The molecular formula is C13H15N3O2. The number of esters is 1. The maximum Gasteiger partial charge on any atom is 0.338 e. The van der Waals surface area contributed by atoms with E-state index in [2.05, 4.69) is 5.10 Å². The Kier molecular flexibility index (Phi) is 3.62. The van der Waals surface area contributed by atoms with Crippen molar-refractivity contribution in [2.45, 2.75) is 13.5 Å². The zero-order valence-corrected chi connectivity index (χ0v) is 10.2. The summed E-state index contributed by atoms with van der Waals surface area (Å²) in [5.74, 6) is -0.299. The smallest absolute Gasteiger partial charge is 0.338 e. The van der Waals surface area contributed by atoms with Gasteiger partial charge in [-0.2, -0.15) is 5.10 Å². The van der Waals surface area contributed by atoms with Gasteiger partial charge in [0.15, 0.2) is 0 Å². The minimum absolute atomic E-state index is 0.299. The second kappa shape index (κ2) is 5.35. The van der Waals surface area contributed by atoms with Crippen molar-refractivity contribution in [2.75, 3.05) is 12.3 Å². The van der Waals surface area contributed by atoms with Gasteiger partial charge in [0.2, 0.25) is 0 Å². The van der Waals surface area contributed by atoms with E-state index in [9.17, 15) is 4.79 Å². The van der Waals surface area contributed by atoms with Gasteiger partial charge in [0.05, 0.1) is 30.6 Å². The van der Waals surface area contributed by atoms with Gasteiger partial charge >= 0.3 is 5.97 Å². The van der Waals surface area contributed by atoms with Crippen molar-refractivity contribution in [1.82, 2.24) is 9.78 Å². The van der Waals surface area contributed by atoms with Crippen LogP contribution < -0.4 is 5.73 Å². The van der Waals surface area contributed by atoms with Gasteiger partial charge in [0.1, 0.15) is 0 Å². The quantitative estimate of drug-likeness (QED) is 0.832. The lowest BCUT2D eigenvalue weighted by atomic mass is 10.1. The van der Waals surface area contributed by atoms with E-state index in [1.54, 1.807) is 36.1 Å². The Bertz CT molecular complexity index is 531. The van der Waals surface area contributed by atoms with Crippen molar-refractivity contribution in [3.05, 3.63) is 47.8 Å². The van der Waals surface area contributed by atoms with Crippen molar-refractivity contribution in [2.24, 2.45) is 0 Å². The number of aromatic nitrogens is 2. The number of benzene rings is 1. The third-order valence-corrected chi connectivity index (χ3v) is 2.46. The number of hydrogen-bond donors (Lipinski definition) is 1. The van der Waals surface area contributed by atoms with Crippen LogP contribution in [0.5, 0.6) is 0 Å². The molecule has 0 aliphatic heterocycles. The standard InChI is InChI=1S/C13H15N3O2/c1-2-18-13(17)11-5-3-10(4-6-11)8-16-9-12(14)7-15-16/h3-7,9H,2,8,14H2,1H3. The molecule has 1 aromatic carbocycles. The monoisotopic (exact) mass is 245 g/mol. The van der Waals surface area contributed by atoms with Crippen LogP contribution in [0.1, 0.15) is 22.8 Å². The zero-order chi connectivity index (χ0) is 13.0. The molecule has 0 unspecified atom stereocenters. The fourth-order valence-corrected chi connectivity index (χ4v) is 1.61. The van der Waals surface area contributed by atoms with Crippen LogP contribution in [0.4, 0.5) is 5.69 Å². The highest BCUT2D eigenvalue weighted by Crippen LogP contribution is 2.08. The molecule has 2 N–H and O–H groups in total. The Labute approximate surface area is 105 Å². The zero-order valence-electron chi connectivity index (χ0n) is 10.2. The maximum absolute atomic E-state index is 11.5. The summed E-state index contributed by atoms with van der Waals surface area (Å²) in [6.45, 7) is 2.79. The lowest BCUT2D eigenvalue weighted by Gasteiger charge is -2.04. The van der Waals surface area contributed by atoms with Crippen LogP contribution >= 0.6 is 0 Å². The van der Waals surface area contributed by atoms with Crippen LogP contribution in [-0.4, -0.2) is 22.4 Å². The van der Waals surface area contributed by atoms with Crippen molar-refractivity contribution >= 4 is 11.7 Å². The minimum atomic E-state index is -0.299. The molecule has 94 valence electrons. The molecule has 0 saturated heterocycles. The highest BCUT2D eigenvalue weighted by atomic mass is 16.5. The number of nitrogens with zero attached hydrogens (tertiary/aromatic N) is 2. The number of anilines is 1. The van der Waals surface area contributed by atoms with E-state index in [-0.39, 0.29) is 5.97 Å². The summed E-state index contributed by atoms with van der Waals surface area (Å²) in [6, 6.07) is 7.26. The molecule has 0 aliphatic rings. The highest BCUT2D eigenvalue weighted by Gasteiger charge is 2.05. The van der Waals surface area contributed by atoms with Gasteiger partial charge in [-0.3, -0.25) is 4.68 Å². The van der Waals surface area contributed by atoms with Crippen LogP contribution in [0, 0.1) is 0 Å². The van der Waals surface area contributed by atoms with E-state index < -0.39 is 0 Å². The van der Waals surface area contributed by atoms with Crippen LogP contribution in [-0.2, 0) is 11.3 Å². The average Bonchev–Trinajstić information content (AvgIpc) is 2.76. The van der Waals surface area contributed by atoms with Gasteiger partial charge in [-0.05, 0) is 24.6 Å². The highest BCUT2D eigenvalue weighted by molar-refractivity contribution is 5.89. The molecule has 5 nitrogen and oxygen atoms in total. The number of hydrogen-bond acceptors (Lipinski definition) is 4. The summed E-state index contributed by atoms with van der Waals surface area (Å²) in [5, 5.41) is 4.10. The van der Waals surface area contributed by atoms with Gasteiger partial charge in [0.25, 0.3) is 0 Å². The Balaban J connectivity index is 2.05. The molecule has 5 heteroatoms. The summed E-state index contributed by atoms with van der Waals surface area (Å²) in [7, 11) is 0. The lowest BCUT2D eigenvalue weighted by Crippen LogP contribution is -2.05. The Morgan fingerprint density at radius 3 is 2.67 bits per heavy atom. The SMILES string of the molecule is CCOC(=O)c1ccc(Cn2cc(N)cn2)cc1. The van der Waals surface area contributed by atoms with Crippen molar-refractivity contribution in [3.63, 3.8) is 0 Å². The molecule has 0 saturated carbocycles. The van der Waals surface area contributed by atoms with Gasteiger partial charge in [-0.25, -0.2) is 4.79 Å². The Morgan fingerprint density at radius 1 is 1.39 bits per heavy atom. The molecule has 18 heavy (non-hydrogen) atoms. The van der Waals surface area contributed by atoms with E-state index in [1.165, 1.54) is 0 Å². The van der Waals surface area contributed by atoms with Gasteiger partial charge < -0.3 is 10.5 Å². The number of carbonyl (C=O) groups is 1. The predicted octanol–water partition coefficient (Wildman–Crippen LogP) is 1.69. The van der Waals surface area contributed by atoms with Gasteiger partial charge in [-0.1, -0.05) is 12.1 Å². The third-order valence-electron chi connectivity index (χ3n) is 2.46. The summed E-state index contributed by atoms with van der Waals surface area (Å²) < 4.78 is 6.66. The molecule has 2 rings (SSSR count). The van der Waals surface area contributed by atoms with Crippen LogP contribution in [0.2, 0.25) is 0 Å². The van der Waals surface area contributed by atoms with E-state index in [0.29, 0.717) is 24.4 Å². The van der Waals surface area contributed by atoms with E-state index in [0.717, 1.165) is 5.56 Å². The third kappa shape index (κ3) is 2.88. The Morgan fingerprint density at radius 2 is 2.11 bits per heavy atom. The van der Waals surface area contributed by atoms with E-state index in [1.807, 2.05) is 12.1 Å². The molecule has 1 aromatic heterocycles. The molecular weight excluding hydrogens is 230 g/mol.